The predicted octanol–water partition coefficient (Wildman–Crippen LogP) is 2.59. The summed E-state index contributed by atoms with van der Waals surface area (Å²) >= 11 is 0. The Balaban J connectivity index is 2.22. The first-order valence-corrected chi connectivity index (χ1v) is 6.49. The lowest BCUT2D eigenvalue weighted by atomic mass is 9.95. The van der Waals surface area contributed by atoms with Crippen LogP contribution in [0.4, 0.5) is 11.4 Å². The fraction of sp³-hybridized carbons (Fsp3) is 0.500. The highest BCUT2D eigenvalue weighted by molar-refractivity contribution is 5.94. The summed E-state index contributed by atoms with van der Waals surface area (Å²) in [5, 5.41) is 9.09. The van der Waals surface area contributed by atoms with Crippen LogP contribution in [0.3, 0.4) is 0 Å². The van der Waals surface area contributed by atoms with E-state index in [1.165, 1.54) is 19.3 Å². The van der Waals surface area contributed by atoms with Gasteiger partial charge >= 0.3 is 5.97 Å². The maximum absolute atomic E-state index is 11.1. The van der Waals surface area contributed by atoms with E-state index in [9.17, 15) is 4.79 Å². The lowest BCUT2D eigenvalue weighted by molar-refractivity contribution is 0.0698. The summed E-state index contributed by atoms with van der Waals surface area (Å²) in [5.41, 5.74) is 7.18. The van der Waals surface area contributed by atoms with Gasteiger partial charge in [0.05, 0.1) is 5.56 Å². The molecule has 1 aromatic rings. The van der Waals surface area contributed by atoms with E-state index in [0.29, 0.717) is 11.6 Å². The fourth-order valence-corrected chi connectivity index (χ4v) is 2.56. The number of benzene rings is 1. The Hall–Kier alpha value is -1.71. The molecule has 0 aliphatic carbocycles. The molecule has 1 unspecified atom stereocenters. The topological polar surface area (TPSA) is 66.6 Å². The molecule has 3 N–H and O–H groups in total. The second-order valence-corrected chi connectivity index (χ2v) is 4.94. The number of nitrogens with two attached hydrogens (primary N) is 1. The van der Waals surface area contributed by atoms with Crippen molar-refractivity contribution >= 4 is 17.3 Å². The summed E-state index contributed by atoms with van der Waals surface area (Å²) in [5.74, 6) is -0.247. The smallest absolute Gasteiger partial charge is 0.337 e. The van der Waals surface area contributed by atoms with Gasteiger partial charge in [-0.15, -0.1) is 0 Å². The highest BCUT2D eigenvalue weighted by Crippen LogP contribution is 2.27. The van der Waals surface area contributed by atoms with E-state index in [4.69, 9.17) is 10.8 Å². The molecule has 0 aromatic heterocycles. The molecule has 1 aliphatic heterocycles. The molecule has 0 saturated carbocycles. The first kappa shape index (κ1) is 12.7. The van der Waals surface area contributed by atoms with Gasteiger partial charge in [0.1, 0.15) is 0 Å². The van der Waals surface area contributed by atoms with Gasteiger partial charge in [0.2, 0.25) is 0 Å². The molecule has 1 heterocycles. The number of anilines is 2. The van der Waals surface area contributed by atoms with Crippen LogP contribution in [0.2, 0.25) is 0 Å². The second-order valence-electron chi connectivity index (χ2n) is 4.94. The molecule has 0 bridgehead atoms. The van der Waals surface area contributed by atoms with E-state index < -0.39 is 5.97 Å². The van der Waals surface area contributed by atoms with Crippen LogP contribution in [0, 0.1) is 5.92 Å². The number of carbonyl (C=O) groups is 1. The van der Waals surface area contributed by atoms with Crippen LogP contribution in [0.15, 0.2) is 18.2 Å². The minimum atomic E-state index is -0.960. The molecule has 4 heteroatoms. The maximum atomic E-state index is 11.1. The number of piperidine rings is 1. The number of nitrogen functional groups attached to an aromatic ring is 1. The zero-order valence-electron chi connectivity index (χ0n) is 10.7. The number of hydrogen-bond donors (Lipinski definition) is 2. The van der Waals surface area contributed by atoms with Crippen molar-refractivity contribution in [3.05, 3.63) is 23.8 Å². The molecule has 0 amide bonds. The monoisotopic (exact) mass is 248 g/mol. The Bertz CT molecular complexity index is 445. The molecule has 4 nitrogen and oxygen atoms in total. The molecule has 98 valence electrons. The van der Waals surface area contributed by atoms with Crippen molar-refractivity contribution in [2.24, 2.45) is 5.92 Å². The normalized spacial score (nSPS) is 19.8. The zero-order chi connectivity index (χ0) is 13.1. The number of nitrogens with zero attached hydrogens (tertiary/aromatic N) is 1. The van der Waals surface area contributed by atoms with Crippen LogP contribution >= 0.6 is 0 Å². The van der Waals surface area contributed by atoms with Gasteiger partial charge in [0.15, 0.2) is 0 Å². The quantitative estimate of drug-likeness (QED) is 0.807. The largest absolute Gasteiger partial charge is 0.478 e. The first-order valence-electron chi connectivity index (χ1n) is 6.49. The summed E-state index contributed by atoms with van der Waals surface area (Å²) in [6.07, 6.45) is 3.62. The van der Waals surface area contributed by atoms with E-state index in [0.717, 1.165) is 18.8 Å². The number of hydrogen-bond acceptors (Lipinski definition) is 3. The Morgan fingerprint density at radius 3 is 3.00 bits per heavy atom. The van der Waals surface area contributed by atoms with Crippen LogP contribution in [-0.2, 0) is 0 Å². The van der Waals surface area contributed by atoms with Gasteiger partial charge < -0.3 is 15.7 Å². The van der Waals surface area contributed by atoms with Crippen molar-refractivity contribution < 1.29 is 9.90 Å². The van der Waals surface area contributed by atoms with Crippen molar-refractivity contribution in [1.82, 2.24) is 0 Å². The van der Waals surface area contributed by atoms with Crippen molar-refractivity contribution in [3.8, 4) is 0 Å². The van der Waals surface area contributed by atoms with Crippen molar-refractivity contribution in [1.29, 1.82) is 0 Å². The van der Waals surface area contributed by atoms with Crippen LogP contribution in [0.5, 0.6) is 0 Å². The molecule has 18 heavy (non-hydrogen) atoms. The van der Waals surface area contributed by atoms with Crippen molar-refractivity contribution in [3.63, 3.8) is 0 Å². The van der Waals surface area contributed by atoms with Crippen LogP contribution < -0.4 is 10.6 Å². The molecular weight excluding hydrogens is 228 g/mol. The van der Waals surface area contributed by atoms with Gasteiger partial charge in [-0.2, -0.15) is 0 Å². The third-order valence-electron chi connectivity index (χ3n) is 3.73. The lowest BCUT2D eigenvalue weighted by Crippen LogP contribution is -2.35. The molecule has 1 aromatic carbocycles. The minimum absolute atomic E-state index is 0.200. The highest BCUT2D eigenvalue weighted by atomic mass is 16.4. The zero-order valence-corrected chi connectivity index (χ0v) is 10.7. The first-order chi connectivity index (χ1) is 8.61. The summed E-state index contributed by atoms with van der Waals surface area (Å²) in [7, 11) is 0. The second kappa shape index (κ2) is 5.29. The van der Waals surface area contributed by atoms with Gasteiger partial charge in [0, 0.05) is 24.5 Å². The number of carboxylic acids is 1. The maximum Gasteiger partial charge on any atom is 0.337 e. The number of rotatable bonds is 3. The summed E-state index contributed by atoms with van der Waals surface area (Å²) < 4.78 is 0. The minimum Gasteiger partial charge on any atom is -0.478 e. The van der Waals surface area contributed by atoms with Crippen LogP contribution in [0.1, 0.15) is 36.5 Å². The van der Waals surface area contributed by atoms with Crippen molar-refractivity contribution in [2.45, 2.75) is 26.2 Å². The molecule has 1 fully saturated rings. The molecule has 1 atom stereocenters. The molecule has 0 spiro atoms. The average molecular weight is 248 g/mol. The Labute approximate surface area is 107 Å². The Morgan fingerprint density at radius 2 is 2.33 bits per heavy atom. The van der Waals surface area contributed by atoms with Gasteiger partial charge in [-0.05, 0) is 37.0 Å². The standard InChI is InChI=1S/C14H20N2O2/c1-2-10-4-3-7-16(9-10)11-5-6-13(15)12(8-11)14(17)18/h5-6,8,10H,2-4,7,9,15H2,1H3,(H,17,18). The average Bonchev–Trinajstić information content (AvgIpc) is 2.39. The third-order valence-corrected chi connectivity index (χ3v) is 3.73. The lowest BCUT2D eigenvalue weighted by Gasteiger charge is -2.34. The summed E-state index contributed by atoms with van der Waals surface area (Å²) in [6.45, 7) is 4.22. The van der Waals surface area contributed by atoms with Gasteiger partial charge in [0.25, 0.3) is 0 Å². The van der Waals surface area contributed by atoms with E-state index in [-0.39, 0.29) is 5.56 Å². The molecule has 0 radical (unpaired) electrons. The van der Waals surface area contributed by atoms with E-state index in [1.54, 1.807) is 12.1 Å². The molecular formula is C14H20N2O2. The molecule has 1 saturated heterocycles. The van der Waals surface area contributed by atoms with E-state index in [2.05, 4.69) is 11.8 Å². The van der Waals surface area contributed by atoms with Gasteiger partial charge in [-0.25, -0.2) is 4.79 Å². The summed E-state index contributed by atoms with van der Waals surface area (Å²) in [6, 6.07) is 5.30. The van der Waals surface area contributed by atoms with Crippen molar-refractivity contribution in [2.75, 3.05) is 23.7 Å². The number of aromatic carboxylic acids is 1. The van der Waals surface area contributed by atoms with E-state index >= 15 is 0 Å². The van der Waals surface area contributed by atoms with Crippen LogP contribution in [-0.4, -0.2) is 24.2 Å². The number of carboxylic acid groups (broad SMARTS) is 1. The fourth-order valence-electron chi connectivity index (χ4n) is 2.56. The van der Waals surface area contributed by atoms with Gasteiger partial charge in [-0.1, -0.05) is 13.3 Å². The predicted molar refractivity (Wildman–Crippen MR) is 73.0 cm³/mol. The van der Waals surface area contributed by atoms with Crippen LogP contribution in [0.25, 0.3) is 0 Å². The SMILES string of the molecule is CCC1CCCN(c2ccc(N)c(C(=O)O)c2)C1. The molecule has 1 aliphatic rings. The Kier molecular flexibility index (Phi) is 3.75. The summed E-state index contributed by atoms with van der Waals surface area (Å²) in [4.78, 5) is 13.3. The van der Waals surface area contributed by atoms with E-state index in [1.807, 2.05) is 6.07 Å². The highest BCUT2D eigenvalue weighted by Gasteiger charge is 2.20. The third kappa shape index (κ3) is 2.58. The Morgan fingerprint density at radius 1 is 1.56 bits per heavy atom. The van der Waals surface area contributed by atoms with Gasteiger partial charge in [-0.3, -0.25) is 0 Å². The molecule has 2 rings (SSSR count).